The number of nitrogens with zero attached hydrogens (tertiary/aromatic N) is 8. The van der Waals surface area contributed by atoms with Crippen molar-refractivity contribution in [1.82, 2.24) is 38.2 Å². The maximum atomic E-state index is 5.16. The summed E-state index contributed by atoms with van der Waals surface area (Å²) in [4.78, 5) is 20.5. The number of rotatable bonds is 14. The Morgan fingerprint density at radius 2 is 0.423 bits per heavy atom. The Kier molecular flexibility index (Phi) is 18.8. The fourth-order valence-corrected chi connectivity index (χ4v) is 21.0. The molecule has 0 amide bonds. The molecule has 8 nitrogen and oxygen atoms in total. The van der Waals surface area contributed by atoms with Gasteiger partial charge in [0.1, 0.15) is 0 Å². The molecule has 0 saturated heterocycles. The summed E-state index contributed by atoms with van der Waals surface area (Å²) in [5.41, 5.74) is 28.8. The van der Waals surface area contributed by atoms with Crippen molar-refractivity contribution in [3.8, 4) is 113 Å². The number of para-hydroxylation sites is 6. The van der Waals surface area contributed by atoms with Crippen molar-refractivity contribution < 1.29 is 0 Å². The lowest BCUT2D eigenvalue weighted by Gasteiger charge is -2.37. The van der Waals surface area contributed by atoms with E-state index in [0.29, 0.717) is 0 Å². The number of aromatic nitrogens is 8. The first kappa shape index (κ1) is 75.8. The van der Waals surface area contributed by atoms with Crippen molar-refractivity contribution >= 4 is 114 Å². The Bertz CT molecular complexity index is 7790. The van der Waals surface area contributed by atoms with Crippen LogP contribution in [0.3, 0.4) is 0 Å². The second-order valence-electron chi connectivity index (χ2n) is 35.0. The molecule has 0 atom stereocenters. The summed E-state index contributed by atoms with van der Waals surface area (Å²) >= 11 is 0. The van der Waals surface area contributed by atoms with Gasteiger partial charge in [0.2, 0.25) is 0 Å². The van der Waals surface area contributed by atoms with Crippen LogP contribution >= 0.6 is 0 Å². The zero-order valence-corrected chi connectivity index (χ0v) is 72.2. The standard InChI is InChI=1S/C58H48N4Si.C55H42N4Si/c1-58(2,3)63(4,5)46-32-26-40(27-33-46)52-38-51(59-57(60-52)41-16-8-6-9-17-41)39-24-30-45(31-25-39)62-54-23-15-13-21-48(54)50-37-43(29-35-56(50)62)42-28-34-55-49(36-42)47-20-12-14-22-53(47)61(55)44-18-10-7-11-19-44;1-60(2,3)44-30-24-38(25-31-44)50-36-49(56-55(57-50)39-14-6-4-7-15-39)37-22-28-43(29-23-37)59-52-21-13-11-19-46(52)48-35-41(27-33-54(48)59)40-26-32-53-47(34-40)45-18-10-12-20-51(45)58(53)42-16-8-5-9-17-42/h6-38H,1-5H3;4-36H,1-3H3. The van der Waals surface area contributed by atoms with Crippen molar-refractivity contribution in [2.24, 2.45) is 0 Å². The highest BCUT2D eigenvalue weighted by molar-refractivity contribution is 6.92. The molecule has 10 heteroatoms. The van der Waals surface area contributed by atoms with Crippen molar-refractivity contribution in [3.63, 3.8) is 0 Å². The Morgan fingerprint density at radius 1 is 0.195 bits per heavy atom. The quantitative estimate of drug-likeness (QED) is 0.102. The first-order valence-electron chi connectivity index (χ1n) is 42.6. The van der Waals surface area contributed by atoms with Crippen molar-refractivity contribution in [2.75, 3.05) is 0 Å². The van der Waals surface area contributed by atoms with Gasteiger partial charge in [-0.15, -0.1) is 0 Å². The van der Waals surface area contributed by atoms with Gasteiger partial charge in [-0.3, -0.25) is 0 Å². The number of hydrogen-bond acceptors (Lipinski definition) is 4. The van der Waals surface area contributed by atoms with Crippen LogP contribution in [0.4, 0.5) is 0 Å². The normalized spacial score (nSPS) is 12.1. The fraction of sp³-hybridized carbons (Fsp3) is 0.0796. The molecule has 0 aliphatic carbocycles. The van der Waals surface area contributed by atoms with Gasteiger partial charge in [0.25, 0.3) is 0 Å². The van der Waals surface area contributed by atoms with E-state index in [1.54, 1.807) is 0 Å². The Hall–Kier alpha value is -14.7. The average molecular weight is 1620 g/mol. The van der Waals surface area contributed by atoms with E-state index in [2.05, 4.69) is 436 Å². The van der Waals surface area contributed by atoms with E-state index in [4.69, 9.17) is 19.9 Å². The molecule has 0 bridgehead atoms. The van der Waals surface area contributed by atoms with Gasteiger partial charge in [-0.25, -0.2) is 19.9 Å². The van der Waals surface area contributed by atoms with E-state index in [-0.39, 0.29) is 5.04 Å². The second kappa shape index (κ2) is 30.5. The fourth-order valence-electron chi connectivity index (χ4n) is 18.0. The molecular weight excluding hydrogens is 1530 g/mol. The molecule has 0 fully saturated rings. The summed E-state index contributed by atoms with van der Waals surface area (Å²) in [5.74, 6) is 1.45. The zero-order valence-electron chi connectivity index (χ0n) is 70.2. The van der Waals surface area contributed by atoms with Gasteiger partial charge in [-0.2, -0.15) is 0 Å². The summed E-state index contributed by atoms with van der Waals surface area (Å²) in [5, 5.41) is 13.1. The van der Waals surface area contributed by atoms with Crippen LogP contribution in [-0.2, 0) is 0 Å². The molecule has 0 spiro atoms. The third-order valence-corrected chi connectivity index (χ3v) is 33.2. The van der Waals surface area contributed by atoms with E-state index < -0.39 is 16.1 Å². The Labute approximate surface area is 718 Å². The van der Waals surface area contributed by atoms with Crippen LogP contribution < -0.4 is 10.4 Å². The third kappa shape index (κ3) is 13.7. The van der Waals surface area contributed by atoms with Gasteiger partial charge in [-0.1, -0.05) is 331 Å². The molecule has 0 aliphatic heterocycles. The number of benzene rings is 16. The molecular formula is C113H90N8Si2. The van der Waals surface area contributed by atoms with Crippen LogP contribution in [-0.4, -0.2) is 54.4 Å². The van der Waals surface area contributed by atoms with E-state index in [1.807, 2.05) is 36.4 Å². The van der Waals surface area contributed by atoms with Gasteiger partial charge in [0.15, 0.2) is 11.6 Å². The molecule has 0 unspecified atom stereocenters. The molecule has 6 heterocycles. The summed E-state index contributed by atoms with van der Waals surface area (Å²) in [6, 6.07) is 145. The first-order valence-corrected chi connectivity index (χ1v) is 49.1. The van der Waals surface area contributed by atoms with Crippen molar-refractivity contribution in [3.05, 3.63) is 400 Å². The predicted octanol–water partition coefficient (Wildman–Crippen LogP) is 28.9. The molecule has 0 N–H and O–H groups in total. The highest BCUT2D eigenvalue weighted by Gasteiger charge is 2.37. The minimum atomic E-state index is -1.68. The molecule has 0 saturated carbocycles. The van der Waals surface area contributed by atoms with Gasteiger partial charge in [0.05, 0.1) is 83.1 Å². The SMILES string of the molecule is CC(C)(C)[Si](C)(C)c1ccc(-c2cc(-c3ccc(-n4c5ccccc5c5cc(-c6ccc7c(c6)c6ccccc6n7-c6ccccc6)ccc54)cc3)nc(-c3ccccc3)n2)cc1.C[Si](C)(C)c1ccc(-c2cc(-c3ccc(-n4c5ccccc5c5cc(-c6ccc7c(c6)c6ccccc6n7-c6ccccc6)ccc54)cc3)nc(-c3ccccc3)n2)cc1. The van der Waals surface area contributed by atoms with Gasteiger partial charge >= 0.3 is 0 Å². The van der Waals surface area contributed by atoms with Crippen LogP contribution in [0, 0.1) is 0 Å². The maximum absolute atomic E-state index is 5.16. The topological polar surface area (TPSA) is 71.3 Å². The van der Waals surface area contributed by atoms with E-state index in [9.17, 15) is 0 Å². The van der Waals surface area contributed by atoms with Crippen molar-refractivity contribution in [2.45, 2.75) is 58.5 Å². The van der Waals surface area contributed by atoms with Gasteiger partial charge in [0, 0.05) is 99.2 Å². The van der Waals surface area contributed by atoms with E-state index in [1.165, 1.54) is 131 Å². The summed E-state index contributed by atoms with van der Waals surface area (Å²) in [6.07, 6.45) is 0. The lowest BCUT2D eigenvalue weighted by molar-refractivity contribution is 0.729. The van der Waals surface area contributed by atoms with Crippen LogP contribution in [0.2, 0.25) is 37.8 Å². The van der Waals surface area contributed by atoms with Gasteiger partial charge < -0.3 is 18.3 Å². The molecule has 0 aliphatic rings. The molecule has 590 valence electrons. The summed E-state index contributed by atoms with van der Waals surface area (Å²) in [7, 11) is -3.10. The Morgan fingerprint density at radius 3 is 0.699 bits per heavy atom. The van der Waals surface area contributed by atoms with Crippen LogP contribution in [0.25, 0.3) is 200 Å². The van der Waals surface area contributed by atoms with Crippen LogP contribution in [0.5, 0.6) is 0 Å². The minimum Gasteiger partial charge on any atom is -0.309 e. The van der Waals surface area contributed by atoms with E-state index in [0.717, 1.165) is 79.2 Å². The van der Waals surface area contributed by atoms with Gasteiger partial charge in [-0.05, 0) is 161 Å². The minimum absolute atomic E-state index is 0.258. The average Bonchev–Trinajstić information content (AvgIpc) is 1.59. The number of fused-ring (bicyclic) bond motifs is 12. The highest BCUT2D eigenvalue weighted by atomic mass is 28.3. The molecule has 16 aromatic carbocycles. The maximum Gasteiger partial charge on any atom is 0.160 e. The molecule has 6 aromatic heterocycles. The van der Waals surface area contributed by atoms with Crippen LogP contribution in [0.15, 0.2) is 400 Å². The van der Waals surface area contributed by atoms with E-state index >= 15 is 0 Å². The first-order chi connectivity index (χ1) is 60.0. The lowest BCUT2D eigenvalue weighted by atomic mass is 10.0. The molecule has 0 radical (unpaired) electrons. The lowest BCUT2D eigenvalue weighted by Crippen LogP contribution is -2.49. The monoisotopic (exact) mass is 1610 g/mol. The molecule has 22 aromatic rings. The number of hydrogen-bond donors (Lipinski definition) is 0. The summed E-state index contributed by atoms with van der Waals surface area (Å²) < 4.78 is 9.52. The summed E-state index contributed by atoms with van der Waals surface area (Å²) in [6.45, 7) is 19.2. The largest absolute Gasteiger partial charge is 0.309 e. The molecule has 123 heavy (non-hydrogen) atoms. The highest BCUT2D eigenvalue weighted by Crippen LogP contribution is 2.44. The predicted molar refractivity (Wildman–Crippen MR) is 525 cm³/mol. The third-order valence-electron chi connectivity index (χ3n) is 25.6. The molecule has 22 rings (SSSR count). The Balaban J connectivity index is 0.000000151. The second-order valence-corrected chi connectivity index (χ2v) is 45.4. The smallest absolute Gasteiger partial charge is 0.160 e. The van der Waals surface area contributed by atoms with Crippen molar-refractivity contribution in [1.29, 1.82) is 0 Å². The van der Waals surface area contributed by atoms with Crippen LogP contribution in [0.1, 0.15) is 20.8 Å². The zero-order chi connectivity index (χ0) is 83.2.